The maximum atomic E-state index is 5.29. The summed E-state index contributed by atoms with van der Waals surface area (Å²) in [5.41, 5.74) is 7.64. The summed E-state index contributed by atoms with van der Waals surface area (Å²) in [4.78, 5) is 8.47. The lowest BCUT2D eigenvalue weighted by Crippen LogP contribution is -1.89. The monoisotopic (exact) mass is 364 g/mol. The number of nitrogens with zero attached hydrogens (tertiary/aromatic N) is 1. The fourth-order valence-corrected chi connectivity index (χ4v) is 3.76. The van der Waals surface area contributed by atoms with E-state index in [1.165, 1.54) is 27.5 Å². The molecule has 0 saturated heterocycles. The van der Waals surface area contributed by atoms with Crippen LogP contribution in [0.15, 0.2) is 78.9 Å². The Kier molecular flexibility index (Phi) is 3.87. The number of aryl methyl sites for hydroxylation is 1. The van der Waals surface area contributed by atoms with Crippen molar-refractivity contribution in [2.75, 3.05) is 7.11 Å². The largest absolute Gasteiger partial charge is 0.497 e. The molecule has 0 bridgehead atoms. The van der Waals surface area contributed by atoms with Gasteiger partial charge in [-0.2, -0.15) is 0 Å². The van der Waals surface area contributed by atoms with Gasteiger partial charge in [0.1, 0.15) is 11.4 Å². The van der Waals surface area contributed by atoms with Crippen LogP contribution < -0.4 is 4.74 Å². The van der Waals surface area contributed by atoms with E-state index in [-0.39, 0.29) is 0 Å². The SMILES string of the molecule is COc1ccc(-c2cc(-c3ccccc3)c3c(n2)[nH]c2ccc(C)cc23)cc1. The van der Waals surface area contributed by atoms with E-state index in [4.69, 9.17) is 9.72 Å². The number of H-pyrrole nitrogens is 1. The van der Waals surface area contributed by atoms with E-state index >= 15 is 0 Å². The summed E-state index contributed by atoms with van der Waals surface area (Å²) in [5.74, 6) is 0.842. The molecule has 0 amide bonds. The molecule has 3 aromatic carbocycles. The van der Waals surface area contributed by atoms with Crippen LogP contribution in [0.1, 0.15) is 5.56 Å². The van der Waals surface area contributed by atoms with Gasteiger partial charge in [-0.3, -0.25) is 0 Å². The second kappa shape index (κ2) is 6.54. The Balaban J connectivity index is 1.83. The van der Waals surface area contributed by atoms with Crippen molar-refractivity contribution >= 4 is 21.9 Å². The topological polar surface area (TPSA) is 37.9 Å². The zero-order chi connectivity index (χ0) is 19.1. The number of fused-ring (bicyclic) bond motifs is 3. The summed E-state index contributed by atoms with van der Waals surface area (Å²) in [6.07, 6.45) is 0. The molecule has 2 heterocycles. The van der Waals surface area contributed by atoms with Gasteiger partial charge in [0.05, 0.1) is 12.8 Å². The van der Waals surface area contributed by atoms with Crippen molar-refractivity contribution in [3.8, 4) is 28.1 Å². The molecule has 0 fully saturated rings. The Labute approximate surface area is 163 Å². The van der Waals surface area contributed by atoms with Crippen molar-refractivity contribution in [3.05, 3.63) is 84.4 Å². The van der Waals surface area contributed by atoms with Crippen molar-refractivity contribution in [1.82, 2.24) is 9.97 Å². The number of ether oxygens (including phenoxy) is 1. The normalized spacial score (nSPS) is 11.2. The maximum absolute atomic E-state index is 5.29. The Hall–Kier alpha value is -3.59. The number of pyridine rings is 1. The minimum absolute atomic E-state index is 0.842. The van der Waals surface area contributed by atoms with E-state index < -0.39 is 0 Å². The van der Waals surface area contributed by atoms with Crippen molar-refractivity contribution in [2.45, 2.75) is 6.92 Å². The third kappa shape index (κ3) is 2.72. The van der Waals surface area contributed by atoms with Gasteiger partial charge < -0.3 is 9.72 Å². The molecule has 5 aromatic rings. The van der Waals surface area contributed by atoms with Crippen LogP contribution in [-0.4, -0.2) is 17.1 Å². The number of benzene rings is 3. The fraction of sp³-hybridized carbons (Fsp3) is 0.0800. The number of rotatable bonds is 3. The number of methoxy groups -OCH3 is 1. The summed E-state index contributed by atoms with van der Waals surface area (Å²) in [7, 11) is 1.68. The van der Waals surface area contributed by atoms with Crippen LogP contribution in [0.5, 0.6) is 5.75 Å². The molecule has 0 atom stereocenters. The van der Waals surface area contributed by atoms with E-state index in [1.807, 2.05) is 18.2 Å². The summed E-state index contributed by atoms with van der Waals surface area (Å²) in [5, 5.41) is 2.38. The predicted molar refractivity (Wildman–Crippen MR) is 116 cm³/mol. The van der Waals surface area contributed by atoms with Crippen LogP contribution in [0.3, 0.4) is 0 Å². The first-order valence-electron chi connectivity index (χ1n) is 9.36. The molecule has 0 spiro atoms. The number of nitrogens with one attached hydrogen (secondary N) is 1. The van der Waals surface area contributed by atoms with Crippen LogP contribution in [0.25, 0.3) is 44.3 Å². The Morgan fingerprint density at radius 3 is 2.36 bits per heavy atom. The summed E-state index contributed by atoms with van der Waals surface area (Å²) < 4.78 is 5.29. The van der Waals surface area contributed by atoms with Gasteiger partial charge in [0.25, 0.3) is 0 Å². The molecule has 136 valence electrons. The number of aromatic nitrogens is 2. The minimum atomic E-state index is 0.842. The first kappa shape index (κ1) is 16.6. The molecule has 0 aliphatic rings. The molecule has 2 aromatic heterocycles. The summed E-state index contributed by atoms with van der Waals surface area (Å²) in [6, 6.07) is 27.2. The molecule has 1 N–H and O–H groups in total. The van der Waals surface area contributed by atoms with Crippen molar-refractivity contribution in [1.29, 1.82) is 0 Å². The molecule has 3 nitrogen and oxygen atoms in total. The van der Waals surface area contributed by atoms with Crippen molar-refractivity contribution < 1.29 is 4.74 Å². The maximum Gasteiger partial charge on any atom is 0.139 e. The quantitative estimate of drug-likeness (QED) is 0.404. The van der Waals surface area contributed by atoms with E-state index in [9.17, 15) is 0 Å². The minimum Gasteiger partial charge on any atom is -0.497 e. The van der Waals surface area contributed by atoms with E-state index in [2.05, 4.69) is 72.6 Å². The average molecular weight is 364 g/mol. The van der Waals surface area contributed by atoms with Crippen molar-refractivity contribution in [2.24, 2.45) is 0 Å². The van der Waals surface area contributed by atoms with Crippen LogP contribution >= 0.6 is 0 Å². The van der Waals surface area contributed by atoms with E-state index in [0.29, 0.717) is 0 Å². The fourth-order valence-electron chi connectivity index (χ4n) is 3.76. The van der Waals surface area contributed by atoms with Gasteiger partial charge in [0, 0.05) is 21.9 Å². The first-order valence-corrected chi connectivity index (χ1v) is 9.36. The van der Waals surface area contributed by atoms with Gasteiger partial charge in [0.2, 0.25) is 0 Å². The lowest BCUT2D eigenvalue weighted by molar-refractivity contribution is 0.415. The third-order valence-corrected chi connectivity index (χ3v) is 5.19. The van der Waals surface area contributed by atoms with Crippen LogP contribution in [0.2, 0.25) is 0 Å². The summed E-state index contributed by atoms with van der Waals surface area (Å²) >= 11 is 0. The number of hydrogen-bond donors (Lipinski definition) is 1. The number of aromatic amines is 1. The van der Waals surface area contributed by atoms with Gasteiger partial charge in [-0.15, -0.1) is 0 Å². The van der Waals surface area contributed by atoms with Crippen LogP contribution in [0, 0.1) is 6.92 Å². The molecule has 3 heteroatoms. The first-order chi connectivity index (χ1) is 13.7. The standard InChI is InChI=1S/C25H20N2O/c1-16-8-13-22-21(14-16)24-20(17-6-4-3-5-7-17)15-23(27-25(24)26-22)18-9-11-19(28-2)12-10-18/h3-15H,1-2H3,(H,26,27). The molecule has 0 aliphatic heterocycles. The Morgan fingerprint density at radius 1 is 0.821 bits per heavy atom. The highest BCUT2D eigenvalue weighted by atomic mass is 16.5. The van der Waals surface area contributed by atoms with Gasteiger partial charge in [-0.1, -0.05) is 42.0 Å². The Bertz CT molecular complexity index is 1290. The molecule has 0 unspecified atom stereocenters. The molecule has 28 heavy (non-hydrogen) atoms. The molecule has 0 radical (unpaired) electrons. The summed E-state index contributed by atoms with van der Waals surface area (Å²) in [6.45, 7) is 2.12. The van der Waals surface area contributed by atoms with E-state index in [0.717, 1.165) is 28.2 Å². The zero-order valence-electron chi connectivity index (χ0n) is 15.9. The molecule has 5 rings (SSSR count). The zero-order valence-corrected chi connectivity index (χ0v) is 15.9. The van der Waals surface area contributed by atoms with Crippen LogP contribution in [0.4, 0.5) is 0 Å². The highest BCUT2D eigenvalue weighted by molar-refractivity contribution is 6.13. The highest BCUT2D eigenvalue weighted by Gasteiger charge is 2.14. The molecule has 0 saturated carbocycles. The van der Waals surface area contributed by atoms with Gasteiger partial charge in [0.15, 0.2) is 0 Å². The second-order valence-electron chi connectivity index (χ2n) is 7.05. The lowest BCUT2D eigenvalue weighted by atomic mass is 9.98. The molecular formula is C25H20N2O. The Morgan fingerprint density at radius 2 is 1.61 bits per heavy atom. The molecule has 0 aliphatic carbocycles. The van der Waals surface area contributed by atoms with Gasteiger partial charge in [-0.05, 0) is 60.5 Å². The van der Waals surface area contributed by atoms with Crippen molar-refractivity contribution in [3.63, 3.8) is 0 Å². The smallest absolute Gasteiger partial charge is 0.139 e. The number of hydrogen-bond acceptors (Lipinski definition) is 2. The van der Waals surface area contributed by atoms with Gasteiger partial charge >= 0.3 is 0 Å². The predicted octanol–water partition coefficient (Wildman–Crippen LogP) is 6.37. The highest BCUT2D eigenvalue weighted by Crippen LogP contribution is 2.37. The van der Waals surface area contributed by atoms with Crippen LogP contribution in [-0.2, 0) is 0 Å². The van der Waals surface area contributed by atoms with E-state index in [1.54, 1.807) is 7.11 Å². The average Bonchev–Trinajstić information content (AvgIpc) is 3.11. The second-order valence-corrected chi connectivity index (χ2v) is 7.05. The lowest BCUT2D eigenvalue weighted by Gasteiger charge is -2.09. The third-order valence-electron chi connectivity index (χ3n) is 5.19. The van der Waals surface area contributed by atoms with Gasteiger partial charge in [-0.25, -0.2) is 4.98 Å². The molecular weight excluding hydrogens is 344 g/mol.